The van der Waals surface area contributed by atoms with Gasteiger partial charge in [0.15, 0.2) is 5.13 Å². The maximum absolute atomic E-state index is 11.9. The molecule has 4 rings (SSSR count). The molecule has 0 aliphatic carbocycles. The minimum Gasteiger partial charge on any atom is -0.385 e. The Labute approximate surface area is 178 Å². The van der Waals surface area contributed by atoms with Crippen LogP contribution in [-0.2, 0) is 16.1 Å². The van der Waals surface area contributed by atoms with Gasteiger partial charge in [-0.1, -0.05) is 11.6 Å². The third-order valence-electron chi connectivity index (χ3n) is 4.74. The predicted molar refractivity (Wildman–Crippen MR) is 116 cm³/mol. The van der Waals surface area contributed by atoms with Crippen molar-refractivity contribution in [3.63, 3.8) is 0 Å². The number of nitrogens with one attached hydrogen (secondary N) is 1. The molecule has 3 heterocycles. The molecule has 1 aromatic carbocycles. The van der Waals surface area contributed by atoms with Crippen molar-refractivity contribution < 1.29 is 9.53 Å². The minimum atomic E-state index is 0.150. The maximum atomic E-state index is 11.9. The van der Waals surface area contributed by atoms with Crippen molar-refractivity contribution in [1.82, 2.24) is 14.8 Å². The van der Waals surface area contributed by atoms with Crippen LogP contribution in [0.2, 0.25) is 5.02 Å². The first-order valence-corrected chi connectivity index (χ1v) is 10.7. The van der Waals surface area contributed by atoms with Gasteiger partial charge in [-0.25, -0.2) is 4.98 Å². The fourth-order valence-electron chi connectivity index (χ4n) is 3.30. The van der Waals surface area contributed by atoms with Gasteiger partial charge in [-0.3, -0.25) is 9.48 Å². The molecule has 29 heavy (non-hydrogen) atoms. The van der Waals surface area contributed by atoms with E-state index in [4.69, 9.17) is 16.3 Å². The molecule has 1 aliphatic rings. The second-order valence-corrected chi connectivity index (χ2v) is 8.08. The van der Waals surface area contributed by atoms with Gasteiger partial charge in [0.25, 0.3) is 0 Å². The molecule has 1 N–H and O–H groups in total. The van der Waals surface area contributed by atoms with Crippen molar-refractivity contribution in [3.8, 4) is 11.3 Å². The molecule has 3 aromatic rings. The SMILES string of the molecule is COCCCn1cc(Nc2nc(-c3ccc(N4CCCC4=O)cc3Cl)cs2)cn1. The monoisotopic (exact) mass is 431 g/mol. The van der Waals surface area contributed by atoms with E-state index in [-0.39, 0.29) is 5.91 Å². The highest BCUT2D eigenvalue weighted by molar-refractivity contribution is 7.14. The summed E-state index contributed by atoms with van der Waals surface area (Å²) in [7, 11) is 1.70. The molecule has 9 heteroatoms. The molecule has 0 bridgehead atoms. The average molecular weight is 432 g/mol. The van der Waals surface area contributed by atoms with Gasteiger partial charge in [0.2, 0.25) is 5.91 Å². The molecule has 0 radical (unpaired) electrons. The highest BCUT2D eigenvalue weighted by Crippen LogP contribution is 2.35. The Morgan fingerprint density at radius 2 is 2.28 bits per heavy atom. The lowest BCUT2D eigenvalue weighted by atomic mass is 10.1. The van der Waals surface area contributed by atoms with Crippen molar-refractivity contribution in [1.29, 1.82) is 0 Å². The number of hydrogen-bond acceptors (Lipinski definition) is 6. The van der Waals surface area contributed by atoms with Gasteiger partial charge in [-0.15, -0.1) is 11.3 Å². The third-order valence-corrected chi connectivity index (χ3v) is 5.81. The first kappa shape index (κ1) is 19.9. The van der Waals surface area contributed by atoms with Gasteiger partial charge in [-0.05, 0) is 31.0 Å². The molecule has 7 nitrogen and oxygen atoms in total. The number of aromatic nitrogens is 3. The summed E-state index contributed by atoms with van der Waals surface area (Å²) in [5.41, 5.74) is 3.38. The van der Waals surface area contributed by atoms with Crippen molar-refractivity contribution in [3.05, 3.63) is 41.0 Å². The predicted octanol–water partition coefficient (Wildman–Crippen LogP) is 4.57. The van der Waals surface area contributed by atoms with E-state index < -0.39 is 0 Å². The van der Waals surface area contributed by atoms with E-state index >= 15 is 0 Å². The van der Waals surface area contributed by atoms with E-state index in [0.717, 1.165) is 53.7 Å². The quantitative estimate of drug-likeness (QED) is 0.529. The molecule has 2 aromatic heterocycles. The van der Waals surface area contributed by atoms with E-state index in [0.29, 0.717) is 18.1 Å². The lowest BCUT2D eigenvalue weighted by molar-refractivity contribution is -0.117. The highest BCUT2D eigenvalue weighted by Gasteiger charge is 2.22. The van der Waals surface area contributed by atoms with Crippen molar-refractivity contribution in [2.24, 2.45) is 0 Å². The Morgan fingerprint density at radius 3 is 3.03 bits per heavy atom. The summed E-state index contributed by atoms with van der Waals surface area (Å²) < 4.78 is 6.95. The zero-order chi connectivity index (χ0) is 20.2. The first-order valence-electron chi connectivity index (χ1n) is 9.48. The topological polar surface area (TPSA) is 72.3 Å². The lowest BCUT2D eigenvalue weighted by Crippen LogP contribution is -2.23. The van der Waals surface area contributed by atoms with Crippen molar-refractivity contribution >= 4 is 45.4 Å². The molecular formula is C20H22ClN5O2S. The van der Waals surface area contributed by atoms with Gasteiger partial charge >= 0.3 is 0 Å². The number of amides is 1. The van der Waals surface area contributed by atoms with Crippen LogP contribution in [0.5, 0.6) is 0 Å². The van der Waals surface area contributed by atoms with Crippen LogP contribution in [0, 0.1) is 0 Å². The number of rotatable bonds is 8. The third kappa shape index (κ3) is 4.60. The van der Waals surface area contributed by atoms with E-state index in [9.17, 15) is 4.79 Å². The summed E-state index contributed by atoms with van der Waals surface area (Å²) in [5.74, 6) is 0.150. The van der Waals surface area contributed by atoms with Gasteiger partial charge in [0, 0.05) is 56.1 Å². The van der Waals surface area contributed by atoms with Gasteiger partial charge in [-0.2, -0.15) is 5.10 Å². The zero-order valence-electron chi connectivity index (χ0n) is 16.1. The number of ether oxygens (including phenoxy) is 1. The van der Waals surface area contributed by atoms with Crippen LogP contribution in [0.3, 0.4) is 0 Å². The normalized spacial score (nSPS) is 14.0. The number of carbonyl (C=O) groups excluding carboxylic acids is 1. The summed E-state index contributed by atoms with van der Waals surface area (Å²) in [5, 5.41) is 10.9. The number of methoxy groups -OCH3 is 1. The molecule has 1 saturated heterocycles. The van der Waals surface area contributed by atoms with E-state index in [1.165, 1.54) is 11.3 Å². The van der Waals surface area contributed by atoms with Crippen LogP contribution < -0.4 is 10.2 Å². The van der Waals surface area contributed by atoms with Crippen LogP contribution in [0.4, 0.5) is 16.5 Å². The van der Waals surface area contributed by atoms with Crippen LogP contribution in [-0.4, -0.2) is 40.9 Å². The number of aryl methyl sites for hydroxylation is 1. The zero-order valence-corrected chi connectivity index (χ0v) is 17.7. The van der Waals surface area contributed by atoms with E-state index in [2.05, 4.69) is 15.4 Å². The van der Waals surface area contributed by atoms with Crippen molar-refractivity contribution in [2.75, 3.05) is 30.5 Å². The molecule has 0 saturated carbocycles. The number of halogens is 1. The lowest BCUT2D eigenvalue weighted by Gasteiger charge is -2.16. The van der Waals surface area contributed by atoms with E-state index in [1.54, 1.807) is 18.2 Å². The molecular weight excluding hydrogens is 410 g/mol. The van der Waals surface area contributed by atoms with Gasteiger partial charge in [0.1, 0.15) is 0 Å². The largest absolute Gasteiger partial charge is 0.385 e. The summed E-state index contributed by atoms with van der Waals surface area (Å²) in [6, 6.07) is 5.70. The van der Waals surface area contributed by atoms with Gasteiger partial charge < -0.3 is 15.0 Å². The minimum absolute atomic E-state index is 0.150. The fraction of sp³-hybridized carbons (Fsp3) is 0.350. The van der Waals surface area contributed by atoms with Crippen LogP contribution in [0.15, 0.2) is 36.0 Å². The van der Waals surface area contributed by atoms with Crippen molar-refractivity contribution in [2.45, 2.75) is 25.8 Å². The van der Waals surface area contributed by atoms with Crippen LogP contribution >= 0.6 is 22.9 Å². The molecule has 0 unspecified atom stereocenters. The standard InChI is InChI=1S/C20H22ClN5O2S/c1-28-9-3-7-25-12-14(11-22-25)23-20-24-18(13-29-20)16-6-5-15(10-17(16)21)26-8-2-4-19(26)27/h5-6,10-13H,2-4,7-9H2,1H3,(H,23,24). The molecule has 152 valence electrons. The van der Waals surface area contributed by atoms with Gasteiger partial charge in [0.05, 0.1) is 22.6 Å². The summed E-state index contributed by atoms with van der Waals surface area (Å²) in [6.07, 6.45) is 6.14. The fourth-order valence-corrected chi connectivity index (χ4v) is 4.30. The average Bonchev–Trinajstić information content (AvgIpc) is 3.44. The smallest absolute Gasteiger partial charge is 0.227 e. The van der Waals surface area contributed by atoms with Crippen LogP contribution in [0.1, 0.15) is 19.3 Å². The maximum Gasteiger partial charge on any atom is 0.227 e. The summed E-state index contributed by atoms with van der Waals surface area (Å²) in [6.45, 7) is 2.27. The number of anilines is 3. The Kier molecular flexibility index (Phi) is 6.13. The van der Waals surface area contributed by atoms with E-state index in [1.807, 2.05) is 34.5 Å². The Hall–Kier alpha value is -2.42. The number of hydrogen-bond donors (Lipinski definition) is 1. The Bertz CT molecular complexity index is 1000. The summed E-state index contributed by atoms with van der Waals surface area (Å²) in [4.78, 5) is 18.4. The number of benzene rings is 1. The Balaban J connectivity index is 1.44. The number of carbonyl (C=O) groups is 1. The van der Waals surface area contributed by atoms with Crippen LogP contribution in [0.25, 0.3) is 11.3 Å². The number of thiazole rings is 1. The second kappa shape index (κ2) is 8.94. The summed E-state index contributed by atoms with van der Waals surface area (Å²) >= 11 is 8.01. The molecule has 0 spiro atoms. The Morgan fingerprint density at radius 1 is 1.38 bits per heavy atom. The second-order valence-electron chi connectivity index (χ2n) is 6.81. The highest BCUT2D eigenvalue weighted by atomic mass is 35.5. The molecule has 1 amide bonds. The molecule has 1 fully saturated rings. The molecule has 0 atom stereocenters. The number of nitrogens with zero attached hydrogens (tertiary/aromatic N) is 4. The molecule has 1 aliphatic heterocycles. The first-order chi connectivity index (χ1) is 14.1.